The SMILES string of the molecule is CC(=O)N1CCC(F)(F)C1. The molecule has 1 aliphatic heterocycles. The van der Waals surface area contributed by atoms with Crippen LogP contribution in [0.4, 0.5) is 8.78 Å². The van der Waals surface area contributed by atoms with E-state index < -0.39 is 12.5 Å². The first-order valence-corrected chi connectivity index (χ1v) is 3.15. The van der Waals surface area contributed by atoms with Crippen LogP contribution in [0.1, 0.15) is 13.3 Å². The molecule has 4 heteroatoms. The Bertz CT molecular complexity index is 158. The van der Waals surface area contributed by atoms with Crippen LogP contribution in [-0.2, 0) is 4.79 Å². The molecule has 0 spiro atoms. The lowest BCUT2D eigenvalue weighted by molar-refractivity contribution is -0.129. The van der Waals surface area contributed by atoms with Crippen molar-refractivity contribution in [2.45, 2.75) is 19.3 Å². The smallest absolute Gasteiger partial charge is 0.267 e. The van der Waals surface area contributed by atoms with Crippen molar-refractivity contribution in [2.75, 3.05) is 13.1 Å². The van der Waals surface area contributed by atoms with Gasteiger partial charge in [-0.3, -0.25) is 4.79 Å². The molecule has 2 nitrogen and oxygen atoms in total. The Morgan fingerprint density at radius 1 is 1.60 bits per heavy atom. The van der Waals surface area contributed by atoms with Crippen LogP contribution in [0, 0.1) is 0 Å². The summed E-state index contributed by atoms with van der Waals surface area (Å²) < 4.78 is 24.7. The maximum atomic E-state index is 12.4. The molecular weight excluding hydrogens is 140 g/mol. The van der Waals surface area contributed by atoms with Crippen molar-refractivity contribution in [3.05, 3.63) is 0 Å². The van der Waals surface area contributed by atoms with Gasteiger partial charge in [-0.1, -0.05) is 0 Å². The number of rotatable bonds is 0. The average Bonchev–Trinajstić information content (AvgIpc) is 2.10. The highest BCUT2D eigenvalue weighted by atomic mass is 19.3. The van der Waals surface area contributed by atoms with Crippen molar-refractivity contribution < 1.29 is 13.6 Å². The van der Waals surface area contributed by atoms with Gasteiger partial charge >= 0.3 is 0 Å². The molecular formula is C6H9F2NO. The van der Waals surface area contributed by atoms with E-state index in [1.54, 1.807) is 0 Å². The van der Waals surface area contributed by atoms with Crippen LogP contribution in [0.5, 0.6) is 0 Å². The number of hydrogen-bond donors (Lipinski definition) is 0. The van der Waals surface area contributed by atoms with Gasteiger partial charge in [0.1, 0.15) is 0 Å². The fraction of sp³-hybridized carbons (Fsp3) is 0.833. The minimum Gasteiger partial charge on any atom is -0.337 e. The molecule has 0 bridgehead atoms. The third-order valence-electron chi connectivity index (χ3n) is 1.61. The van der Waals surface area contributed by atoms with Gasteiger partial charge in [-0.2, -0.15) is 0 Å². The topological polar surface area (TPSA) is 20.3 Å². The molecule has 0 unspecified atom stereocenters. The fourth-order valence-corrected chi connectivity index (χ4v) is 1.00. The van der Waals surface area contributed by atoms with Crippen LogP contribution < -0.4 is 0 Å². The van der Waals surface area contributed by atoms with Crippen LogP contribution in [0.15, 0.2) is 0 Å². The van der Waals surface area contributed by atoms with Gasteiger partial charge in [0.15, 0.2) is 0 Å². The molecule has 0 aromatic rings. The Labute approximate surface area is 57.8 Å². The summed E-state index contributed by atoms with van der Waals surface area (Å²) in [6, 6.07) is 0. The number of amides is 1. The maximum absolute atomic E-state index is 12.4. The number of likely N-dealkylation sites (tertiary alicyclic amines) is 1. The number of carbonyl (C=O) groups excluding carboxylic acids is 1. The van der Waals surface area contributed by atoms with E-state index in [1.165, 1.54) is 11.8 Å². The lowest BCUT2D eigenvalue weighted by Gasteiger charge is -2.12. The molecule has 0 aliphatic carbocycles. The second-order valence-corrected chi connectivity index (χ2v) is 2.55. The minimum absolute atomic E-state index is 0.188. The summed E-state index contributed by atoms with van der Waals surface area (Å²) in [7, 11) is 0. The first-order chi connectivity index (χ1) is 4.51. The molecule has 1 aliphatic rings. The van der Waals surface area contributed by atoms with Crippen LogP contribution >= 0.6 is 0 Å². The van der Waals surface area contributed by atoms with Crippen molar-refractivity contribution in [3.8, 4) is 0 Å². The third-order valence-corrected chi connectivity index (χ3v) is 1.61. The molecule has 0 atom stereocenters. The van der Waals surface area contributed by atoms with E-state index in [0.717, 1.165) is 0 Å². The van der Waals surface area contributed by atoms with Crippen molar-refractivity contribution in [2.24, 2.45) is 0 Å². The Morgan fingerprint density at radius 3 is 2.40 bits per heavy atom. The molecule has 0 radical (unpaired) electrons. The van der Waals surface area contributed by atoms with Gasteiger partial charge < -0.3 is 4.90 Å². The molecule has 58 valence electrons. The number of hydrogen-bond acceptors (Lipinski definition) is 1. The summed E-state index contributed by atoms with van der Waals surface area (Å²) in [5, 5.41) is 0. The minimum atomic E-state index is -2.65. The maximum Gasteiger partial charge on any atom is 0.267 e. The molecule has 1 fully saturated rings. The van der Waals surface area contributed by atoms with Gasteiger partial charge in [0.05, 0.1) is 6.54 Å². The Balaban J connectivity index is 2.51. The number of carbonyl (C=O) groups is 1. The molecule has 0 aromatic carbocycles. The van der Waals surface area contributed by atoms with E-state index in [4.69, 9.17) is 0 Å². The van der Waals surface area contributed by atoms with Crippen LogP contribution in [-0.4, -0.2) is 29.8 Å². The normalized spacial score (nSPS) is 23.3. The third kappa shape index (κ3) is 1.43. The first kappa shape index (κ1) is 7.44. The van der Waals surface area contributed by atoms with E-state index in [2.05, 4.69) is 0 Å². The predicted octanol–water partition coefficient (Wildman–Crippen LogP) is 0.874. The number of nitrogens with zero attached hydrogens (tertiary/aromatic N) is 1. The summed E-state index contributed by atoms with van der Waals surface area (Å²) in [5.74, 6) is -2.91. The van der Waals surface area contributed by atoms with E-state index in [1.807, 2.05) is 0 Å². The molecule has 0 N–H and O–H groups in total. The highest BCUT2D eigenvalue weighted by Crippen LogP contribution is 2.26. The monoisotopic (exact) mass is 149 g/mol. The van der Waals surface area contributed by atoms with Crippen LogP contribution in [0.25, 0.3) is 0 Å². The highest BCUT2D eigenvalue weighted by Gasteiger charge is 2.39. The van der Waals surface area contributed by atoms with E-state index >= 15 is 0 Å². The number of alkyl halides is 2. The highest BCUT2D eigenvalue weighted by molar-refractivity contribution is 5.73. The van der Waals surface area contributed by atoms with Gasteiger partial charge in [-0.15, -0.1) is 0 Å². The van der Waals surface area contributed by atoms with Crippen molar-refractivity contribution in [1.29, 1.82) is 0 Å². The zero-order valence-corrected chi connectivity index (χ0v) is 5.73. The van der Waals surface area contributed by atoms with E-state index in [0.29, 0.717) is 0 Å². The number of halogens is 2. The van der Waals surface area contributed by atoms with Crippen molar-refractivity contribution in [1.82, 2.24) is 4.90 Å². The Kier molecular flexibility index (Phi) is 1.62. The second kappa shape index (κ2) is 2.18. The Morgan fingerprint density at radius 2 is 2.20 bits per heavy atom. The van der Waals surface area contributed by atoms with Gasteiger partial charge in [0.2, 0.25) is 5.91 Å². The summed E-state index contributed by atoms with van der Waals surface area (Å²) in [6.07, 6.45) is -0.188. The van der Waals surface area contributed by atoms with Crippen molar-refractivity contribution in [3.63, 3.8) is 0 Å². The fourth-order valence-electron chi connectivity index (χ4n) is 1.00. The molecule has 10 heavy (non-hydrogen) atoms. The predicted molar refractivity (Wildman–Crippen MR) is 31.8 cm³/mol. The molecule has 0 aromatic heterocycles. The first-order valence-electron chi connectivity index (χ1n) is 3.15. The van der Waals surface area contributed by atoms with E-state index in [9.17, 15) is 13.6 Å². The van der Waals surface area contributed by atoms with Gasteiger partial charge in [-0.05, 0) is 0 Å². The molecule has 1 rings (SSSR count). The molecule has 1 heterocycles. The average molecular weight is 149 g/mol. The summed E-state index contributed by atoms with van der Waals surface area (Å²) in [4.78, 5) is 11.7. The summed E-state index contributed by atoms with van der Waals surface area (Å²) >= 11 is 0. The lowest BCUT2D eigenvalue weighted by atomic mass is 10.3. The quantitative estimate of drug-likeness (QED) is 0.500. The lowest BCUT2D eigenvalue weighted by Crippen LogP contribution is -2.29. The Hall–Kier alpha value is -0.670. The largest absolute Gasteiger partial charge is 0.337 e. The van der Waals surface area contributed by atoms with Gasteiger partial charge in [0.25, 0.3) is 5.92 Å². The van der Waals surface area contributed by atoms with Crippen molar-refractivity contribution >= 4 is 5.91 Å². The van der Waals surface area contributed by atoms with Gasteiger partial charge in [-0.25, -0.2) is 8.78 Å². The van der Waals surface area contributed by atoms with Gasteiger partial charge in [0, 0.05) is 19.9 Å². The molecule has 1 amide bonds. The standard InChI is InChI=1S/C6H9F2NO/c1-5(10)9-3-2-6(7,8)4-9/h2-4H2,1H3. The molecule has 0 saturated carbocycles. The summed E-state index contributed by atoms with van der Waals surface area (Å²) in [6.45, 7) is 1.10. The van der Waals surface area contributed by atoms with E-state index in [-0.39, 0.29) is 18.9 Å². The summed E-state index contributed by atoms with van der Waals surface area (Å²) in [5.41, 5.74) is 0. The second-order valence-electron chi connectivity index (χ2n) is 2.55. The zero-order valence-electron chi connectivity index (χ0n) is 5.73. The van der Waals surface area contributed by atoms with Crippen LogP contribution in [0.3, 0.4) is 0 Å². The zero-order chi connectivity index (χ0) is 7.78. The molecule has 1 saturated heterocycles. The van der Waals surface area contributed by atoms with Crippen LogP contribution in [0.2, 0.25) is 0 Å².